The lowest BCUT2D eigenvalue weighted by molar-refractivity contribution is -0.139. The first kappa shape index (κ1) is 19.5. The third kappa shape index (κ3) is 2.64. The van der Waals surface area contributed by atoms with Gasteiger partial charge in [0.25, 0.3) is 11.8 Å². The monoisotopic (exact) mass is 435 g/mol. The highest BCUT2D eigenvalue weighted by atomic mass is 19.3. The van der Waals surface area contributed by atoms with Crippen LogP contribution in [0.3, 0.4) is 0 Å². The molecule has 0 bridgehead atoms. The van der Waals surface area contributed by atoms with Crippen molar-refractivity contribution >= 4 is 34.1 Å². The van der Waals surface area contributed by atoms with Gasteiger partial charge in [-0.25, -0.2) is 9.97 Å². The summed E-state index contributed by atoms with van der Waals surface area (Å²) in [5, 5.41) is 9.76. The van der Waals surface area contributed by atoms with Gasteiger partial charge in [-0.15, -0.1) is 0 Å². The predicted octanol–water partition coefficient (Wildman–Crippen LogP) is 2.72. The van der Waals surface area contributed by atoms with E-state index < -0.39 is 23.3 Å². The Morgan fingerprint density at radius 2 is 1.94 bits per heavy atom. The number of nitrogen functional groups attached to an aromatic ring is 1. The lowest BCUT2D eigenvalue weighted by Gasteiger charge is -2.15. The molecule has 5 rings (SSSR count). The average molecular weight is 435 g/mol. The number of hydrogen-bond acceptors (Lipinski definition) is 6. The van der Waals surface area contributed by atoms with Crippen LogP contribution in [-0.2, 0) is 10.7 Å². The van der Waals surface area contributed by atoms with Crippen molar-refractivity contribution in [3.8, 4) is 22.6 Å². The Labute approximate surface area is 178 Å². The summed E-state index contributed by atoms with van der Waals surface area (Å²) in [5.41, 5.74) is 13.1. The number of carbonyl (C=O) groups is 2. The zero-order valence-electron chi connectivity index (χ0n) is 16.5. The minimum absolute atomic E-state index is 0.0556. The summed E-state index contributed by atoms with van der Waals surface area (Å²) in [7, 11) is 0. The highest BCUT2D eigenvalue weighted by molar-refractivity contribution is 6.08. The second-order valence-electron chi connectivity index (χ2n) is 7.37. The van der Waals surface area contributed by atoms with E-state index in [1.165, 1.54) is 12.1 Å². The second-order valence-corrected chi connectivity index (χ2v) is 7.37. The van der Waals surface area contributed by atoms with E-state index in [1.807, 2.05) is 19.1 Å². The summed E-state index contributed by atoms with van der Waals surface area (Å²) in [6.07, 6.45) is 1.59. The number of carbonyl (C=O) groups excluding carboxylic acids is 2. The van der Waals surface area contributed by atoms with Gasteiger partial charge < -0.3 is 16.8 Å². The molecule has 1 aliphatic heterocycles. The van der Waals surface area contributed by atoms with Crippen molar-refractivity contribution in [1.29, 1.82) is 0 Å². The van der Waals surface area contributed by atoms with Crippen LogP contribution in [0.5, 0.6) is 0 Å². The number of rotatable bonds is 3. The van der Waals surface area contributed by atoms with Gasteiger partial charge >= 0.3 is 5.92 Å². The van der Waals surface area contributed by atoms with Gasteiger partial charge in [0.2, 0.25) is 0 Å². The molecule has 1 aliphatic rings. The first-order valence-corrected chi connectivity index (χ1v) is 9.43. The third-order valence-electron chi connectivity index (χ3n) is 5.42. The molecule has 0 radical (unpaired) electrons. The van der Waals surface area contributed by atoms with Crippen LogP contribution in [0.1, 0.15) is 21.6 Å². The van der Waals surface area contributed by atoms with Gasteiger partial charge in [0.1, 0.15) is 0 Å². The molecular weight excluding hydrogens is 420 g/mol. The maximum atomic E-state index is 14.3. The second kappa shape index (κ2) is 6.54. The third-order valence-corrected chi connectivity index (χ3v) is 5.42. The number of primary amides is 1. The lowest BCUT2D eigenvalue weighted by atomic mass is 9.98. The molecule has 0 fully saturated rings. The number of alkyl halides is 2. The molecule has 0 saturated carbocycles. The molecule has 0 unspecified atom stereocenters. The van der Waals surface area contributed by atoms with Gasteiger partial charge in [-0.05, 0) is 24.6 Å². The number of aryl methyl sites for hydroxylation is 1. The molecule has 11 heteroatoms. The summed E-state index contributed by atoms with van der Waals surface area (Å²) >= 11 is 0. The Hall–Kier alpha value is -4.41. The fraction of sp³-hybridized carbons (Fsp3) is 0.0952. The van der Waals surface area contributed by atoms with Gasteiger partial charge in [-0.2, -0.15) is 13.9 Å². The Kier molecular flexibility index (Phi) is 4.00. The van der Waals surface area contributed by atoms with E-state index in [9.17, 15) is 18.4 Å². The summed E-state index contributed by atoms with van der Waals surface area (Å²) in [5.74, 6) is -6.15. The summed E-state index contributed by atoms with van der Waals surface area (Å²) in [6.45, 7) is 1.83. The molecule has 0 spiro atoms. The summed E-state index contributed by atoms with van der Waals surface area (Å²) in [6, 6.07) is 7.61. The summed E-state index contributed by atoms with van der Waals surface area (Å²) < 4.78 is 28.6. The van der Waals surface area contributed by atoms with Gasteiger partial charge in [0.05, 0.1) is 34.3 Å². The minimum atomic E-state index is -3.70. The number of benzene rings is 2. The number of para-hydroxylation sites is 1. The molecule has 2 aromatic heterocycles. The molecule has 2 aromatic carbocycles. The molecule has 0 saturated heterocycles. The van der Waals surface area contributed by atoms with Gasteiger partial charge in [0.15, 0.2) is 11.5 Å². The maximum Gasteiger partial charge on any atom is 0.352 e. The van der Waals surface area contributed by atoms with Crippen LogP contribution in [0.25, 0.3) is 33.5 Å². The average Bonchev–Trinajstić information content (AvgIpc) is 3.31. The van der Waals surface area contributed by atoms with E-state index in [0.717, 1.165) is 11.6 Å². The Bertz CT molecular complexity index is 1460. The Morgan fingerprint density at radius 3 is 2.69 bits per heavy atom. The fourth-order valence-electron chi connectivity index (χ4n) is 3.86. The quantitative estimate of drug-likeness (QED) is 0.388. The van der Waals surface area contributed by atoms with Crippen LogP contribution in [0, 0.1) is 6.92 Å². The van der Waals surface area contributed by atoms with Crippen LogP contribution in [-0.4, -0.2) is 32.0 Å². The van der Waals surface area contributed by atoms with Crippen LogP contribution in [0.4, 0.5) is 20.2 Å². The molecule has 160 valence electrons. The highest BCUT2D eigenvalue weighted by Crippen LogP contribution is 2.45. The number of nitrogens with zero attached hydrogens (tertiary/aromatic N) is 3. The molecule has 9 nitrogen and oxygen atoms in total. The molecule has 2 amide bonds. The number of nitrogens with two attached hydrogens (primary N) is 2. The van der Waals surface area contributed by atoms with Crippen molar-refractivity contribution in [3.63, 3.8) is 0 Å². The van der Waals surface area contributed by atoms with E-state index >= 15 is 0 Å². The zero-order chi connectivity index (χ0) is 22.8. The van der Waals surface area contributed by atoms with Crippen LogP contribution in [0.15, 0.2) is 36.5 Å². The van der Waals surface area contributed by atoms with E-state index in [0.29, 0.717) is 16.5 Å². The standard InChI is InChI=1S/C21H15F2N7O2/c1-8-5-6-12-10(7-26-30-12)13(8)16-14(24)17(18(25)31)28-19(27-16)9-3-2-4-11-15(9)29-20(32)21(11,22)23/h2-7H,24H2,1H3,(H2,25,31)(H,26,30)(H,29,32). The van der Waals surface area contributed by atoms with Crippen molar-refractivity contribution in [2.45, 2.75) is 12.8 Å². The number of hydrogen-bond donors (Lipinski definition) is 4. The van der Waals surface area contributed by atoms with E-state index in [4.69, 9.17) is 11.5 Å². The van der Waals surface area contributed by atoms with Gasteiger partial charge in [0, 0.05) is 16.5 Å². The zero-order valence-corrected chi connectivity index (χ0v) is 16.5. The van der Waals surface area contributed by atoms with Crippen LogP contribution < -0.4 is 16.8 Å². The summed E-state index contributed by atoms with van der Waals surface area (Å²) in [4.78, 5) is 32.6. The fourth-order valence-corrected chi connectivity index (χ4v) is 3.86. The van der Waals surface area contributed by atoms with Crippen molar-refractivity contribution < 1.29 is 18.4 Å². The molecule has 0 atom stereocenters. The molecule has 4 aromatic rings. The predicted molar refractivity (Wildman–Crippen MR) is 113 cm³/mol. The maximum absolute atomic E-state index is 14.3. The number of aromatic nitrogens is 4. The number of amides is 2. The Balaban J connectivity index is 1.83. The van der Waals surface area contributed by atoms with Crippen molar-refractivity contribution in [1.82, 2.24) is 20.2 Å². The number of aromatic amines is 1. The normalized spacial score (nSPS) is 14.4. The van der Waals surface area contributed by atoms with E-state index in [2.05, 4.69) is 25.5 Å². The van der Waals surface area contributed by atoms with Crippen molar-refractivity contribution in [2.24, 2.45) is 5.73 Å². The van der Waals surface area contributed by atoms with Crippen molar-refractivity contribution in [3.05, 3.63) is 53.3 Å². The Morgan fingerprint density at radius 1 is 1.16 bits per heavy atom. The van der Waals surface area contributed by atoms with E-state index in [1.54, 1.807) is 6.20 Å². The topological polar surface area (TPSA) is 153 Å². The molecule has 3 heterocycles. The highest BCUT2D eigenvalue weighted by Gasteiger charge is 2.49. The number of fused-ring (bicyclic) bond motifs is 2. The molecule has 6 N–H and O–H groups in total. The number of halogens is 2. The SMILES string of the molecule is Cc1ccc2[nH]ncc2c1-c1nc(-c2cccc3c2NC(=O)C3(F)F)nc(C(N)=O)c1N. The van der Waals surface area contributed by atoms with Crippen molar-refractivity contribution in [2.75, 3.05) is 11.1 Å². The van der Waals surface area contributed by atoms with Gasteiger partial charge in [-0.3, -0.25) is 14.7 Å². The number of H-pyrrole nitrogens is 1. The van der Waals surface area contributed by atoms with Crippen LogP contribution >= 0.6 is 0 Å². The molecule has 0 aliphatic carbocycles. The van der Waals surface area contributed by atoms with E-state index in [-0.39, 0.29) is 34.2 Å². The van der Waals surface area contributed by atoms with Crippen LogP contribution in [0.2, 0.25) is 0 Å². The molecule has 32 heavy (non-hydrogen) atoms. The first-order valence-electron chi connectivity index (χ1n) is 9.43. The first-order chi connectivity index (χ1) is 15.2. The lowest BCUT2D eigenvalue weighted by Crippen LogP contribution is -2.23. The number of nitrogens with one attached hydrogen (secondary N) is 2. The van der Waals surface area contributed by atoms with Gasteiger partial charge in [-0.1, -0.05) is 18.2 Å². The molecular formula is C21H15F2N7O2. The smallest absolute Gasteiger partial charge is 0.352 e. The minimum Gasteiger partial charge on any atom is -0.395 e. The largest absolute Gasteiger partial charge is 0.395 e. The number of anilines is 2.